The van der Waals surface area contributed by atoms with Crippen LogP contribution in [0, 0.1) is 23.3 Å². The summed E-state index contributed by atoms with van der Waals surface area (Å²) in [6.07, 6.45) is 2.81. The van der Waals surface area contributed by atoms with E-state index in [2.05, 4.69) is 11.3 Å². The van der Waals surface area contributed by atoms with Crippen LogP contribution in [0.15, 0.2) is 73.3 Å². The molecule has 0 heterocycles. The SMILES string of the molecule is C=CCOc1ccc(CCc2ccc3c(F)c(CCc4cc(F)c(OC(F)F)c(F)c4)ccc3c2)c(F)c1. The number of ether oxygens (including phenoxy) is 2. The molecule has 0 N–H and O–H groups in total. The van der Waals surface area contributed by atoms with Gasteiger partial charge in [0.15, 0.2) is 17.4 Å². The first-order valence-electron chi connectivity index (χ1n) is 11.9. The summed E-state index contributed by atoms with van der Waals surface area (Å²) in [5, 5.41) is 1.06. The minimum absolute atomic E-state index is 0.0896. The van der Waals surface area contributed by atoms with Gasteiger partial charge in [-0.3, -0.25) is 0 Å². The molecule has 2 nitrogen and oxygen atoms in total. The van der Waals surface area contributed by atoms with Crippen LogP contribution in [0.2, 0.25) is 0 Å². The largest absolute Gasteiger partial charge is 0.489 e. The zero-order valence-corrected chi connectivity index (χ0v) is 20.3. The summed E-state index contributed by atoms with van der Waals surface area (Å²) in [4.78, 5) is 0. The quantitative estimate of drug-likeness (QED) is 0.144. The van der Waals surface area contributed by atoms with Crippen LogP contribution >= 0.6 is 0 Å². The first-order chi connectivity index (χ1) is 18.2. The molecule has 0 aromatic heterocycles. The van der Waals surface area contributed by atoms with Gasteiger partial charge in [0.05, 0.1) is 0 Å². The number of rotatable bonds is 11. The molecular formula is C30H24F6O2. The molecule has 0 saturated carbocycles. The Kier molecular flexibility index (Phi) is 8.61. The molecule has 0 amide bonds. The minimum Gasteiger partial charge on any atom is -0.489 e. The Hall–Kier alpha value is -3.94. The summed E-state index contributed by atoms with van der Waals surface area (Å²) < 4.78 is 91.4. The summed E-state index contributed by atoms with van der Waals surface area (Å²) >= 11 is 0. The molecule has 4 rings (SSSR count). The molecule has 198 valence electrons. The molecule has 0 fully saturated rings. The zero-order chi connectivity index (χ0) is 27.2. The fourth-order valence-electron chi connectivity index (χ4n) is 4.23. The molecular weight excluding hydrogens is 506 g/mol. The van der Waals surface area contributed by atoms with Crippen LogP contribution in [0.3, 0.4) is 0 Å². The smallest absolute Gasteiger partial charge is 0.387 e. The van der Waals surface area contributed by atoms with Crippen molar-refractivity contribution in [1.29, 1.82) is 0 Å². The van der Waals surface area contributed by atoms with Gasteiger partial charge in [-0.05, 0) is 71.5 Å². The Morgan fingerprint density at radius 2 is 1.39 bits per heavy atom. The molecule has 0 radical (unpaired) electrons. The monoisotopic (exact) mass is 530 g/mol. The molecule has 0 aliphatic rings. The fraction of sp³-hybridized carbons (Fsp3) is 0.200. The third-order valence-corrected chi connectivity index (χ3v) is 6.12. The van der Waals surface area contributed by atoms with Gasteiger partial charge in [-0.15, -0.1) is 0 Å². The summed E-state index contributed by atoms with van der Waals surface area (Å²) in [5.41, 5.74) is 1.98. The number of alkyl halides is 2. The lowest BCUT2D eigenvalue weighted by molar-refractivity contribution is -0.0546. The summed E-state index contributed by atoms with van der Waals surface area (Å²) in [7, 11) is 0. The highest BCUT2D eigenvalue weighted by Gasteiger charge is 2.17. The molecule has 0 bridgehead atoms. The van der Waals surface area contributed by atoms with Gasteiger partial charge in [0.25, 0.3) is 0 Å². The Labute approximate surface area is 216 Å². The van der Waals surface area contributed by atoms with E-state index in [1.165, 1.54) is 6.07 Å². The molecule has 0 atom stereocenters. The Bertz CT molecular complexity index is 1430. The van der Waals surface area contributed by atoms with Crippen molar-refractivity contribution in [2.75, 3.05) is 6.61 Å². The highest BCUT2D eigenvalue weighted by atomic mass is 19.3. The molecule has 0 unspecified atom stereocenters. The lowest BCUT2D eigenvalue weighted by Gasteiger charge is -2.11. The lowest BCUT2D eigenvalue weighted by atomic mass is 9.97. The van der Waals surface area contributed by atoms with Crippen LogP contribution < -0.4 is 9.47 Å². The van der Waals surface area contributed by atoms with Crippen LogP contribution in [0.4, 0.5) is 26.3 Å². The normalized spacial score (nSPS) is 11.2. The van der Waals surface area contributed by atoms with Crippen molar-refractivity contribution < 1.29 is 35.8 Å². The standard InChI is InChI=1S/C30H24F6O2/c1-2-13-37-23-11-10-20(25(31)17-23)6-3-18-5-12-24-22(14-18)9-8-21(28(24)34)7-4-19-15-26(32)29(27(33)16-19)38-30(35)36/h2,5,8-12,14-17,30H,1,3-4,6-7,13H2. The van der Waals surface area contributed by atoms with E-state index in [4.69, 9.17) is 4.74 Å². The van der Waals surface area contributed by atoms with E-state index >= 15 is 4.39 Å². The number of halogens is 6. The Balaban J connectivity index is 1.43. The van der Waals surface area contributed by atoms with E-state index in [1.54, 1.807) is 42.5 Å². The van der Waals surface area contributed by atoms with E-state index in [-0.39, 0.29) is 30.8 Å². The van der Waals surface area contributed by atoms with E-state index in [0.29, 0.717) is 40.5 Å². The first-order valence-corrected chi connectivity index (χ1v) is 11.9. The second-order valence-electron chi connectivity index (χ2n) is 8.71. The van der Waals surface area contributed by atoms with Crippen molar-refractivity contribution in [3.05, 3.63) is 119 Å². The van der Waals surface area contributed by atoms with Crippen molar-refractivity contribution in [2.45, 2.75) is 32.3 Å². The number of aryl methyl sites for hydroxylation is 4. The predicted molar refractivity (Wildman–Crippen MR) is 134 cm³/mol. The molecule has 0 saturated heterocycles. The van der Waals surface area contributed by atoms with Gasteiger partial charge in [-0.25, -0.2) is 17.6 Å². The van der Waals surface area contributed by atoms with Gasteiger partial charge in [-0.1, -0.05) is 49.1 Å². The van der Waals surface area contributed by atoms with Crippen molar-refractivity contribution in [3.63, 3.8) is 0 Å². The van der Waals surface area contributed by atoms with Crippen LogP contribution in [0.1, 0.15) is 22.3 Å². The van der Waals surface area contributed by atoms with Crippen molar-refractivity contribution in [3.8, 4) is 11.5 Å². The third kappa shape index (κ3) is 6.49. The van der Waals surface area contributed by atoms with Gasteiger partial charge in [-0.2, -0.15) is 8.78 Å². The number of fused-ring (bicyclic) bond motifs is 1. The molecule has 0 spiro atoms. The van der Waals surface area contributed by atoms with E-state index in [9.17, 15) is 22.0 Å². The maximum absolute atomic E-state index is 15.2. The first kappa shape index (κ1) is 27.1. The van der Waals surface area contributed by atoms with Crippen LogP contribution in [-0.4, -0.2) is 13.2 Å². The van der Waals surface area contributed by atoms with Gasteiger partial charge >= 0.3 is 6.61 Å². The average molecular weight is 531 g/mol. The maximum Gasteiger partial charge on any atom is 0.387 e. The van der Waals surface area contributed by atoms with Gasteiger partial charge in [0.2, 0.25) is 0 Å². The summed E-state index contributed by atoms with van der Waals surface area (Å²) in [6, 6.07) is 15.1. The van der Waals surface area contributed by atoms with Crippen molar-refractivity contribution in [2.24, 2.45) is 0 Å². The topological polar surface area (TPSA) is 18.5 Å². The Morgan fingerprint density at radius 1 is 0.711 bits per heavy atom. The predicted octanol–water partition coefficient (Wildman–Crippen LogP) is 8.13. The molecule has 0 aliphatic heterocycles. The number of benzene rings is 4. The molecule has 4 aromatic carbocycles. The van der Waals surface area contributed by atoms with E-state index in [1.807, 2.05) is 6.07 Å². The van der Waals surface area contributed by atoms with Crippen LogP contribution in [-0.2, 0) is 25.7 Å². The summed E-state index contributed by atoms with van der Waals surface area (Å²) in [5.74, 6) is -4.02. The average Bonchev–Trinajstić information content (AvgIpc) is 2.88. The van der Waals surface area contributed by atoms with E-state index in [0.717, 1.165) is 17.7 Å². The van der Waals surface area contributed by atoms with Gasteiger partial charge in [0, 0.05) is 11.5 Å². The van der Waals surface area contributed by atoms with Crippen molar-refractivity contribution in [1.82, 2.24) is 0 Å². The lowest BCUT2D eigenvalue weighted by Crippen LogP contribution is -2.06. The van der Waals surface area contributed by atoms with Gasteiger partial charge < -0.3 is 9.47 Å². The molecule has 8 heteroatoms. The molecule has 38 heavy (non-hydrogen) atoms. The van der Waals surface area contributed by atoms with Crippen LogP contribution in [0.25, 0.3) is 10.8 Å². The highest BCUT2D eigenvalue weighted by molar-refractivity contribution is 5.84. The van der Waals surface area contributed by atoms with Gasteiger partial charge in [0.1, 0.15) is 24.0 Å². The second-order valence-corrected chi connectivity index (χ2v) is 8.71. The molecule has 4 aromatic rings. The minimum atomic E-state index is -3.35. The highest BCUT2D eigenvalue weighted by Crippen LogP contribution is 2.28. The van der Waals surface area contributed by atoms with E-state index < -0.39 is 29.8 Å². The van der Waals surface area contributed by atoms with Crippen LogP contribution in [0.5, 0.6) is 11.5 Å². The Morgan fingerprint density at radius 3 is 2.08 bits per heavy atom. The second kappa shape index (κ2) is 12.1. The summed E-state index contributed by atoms with van der Waals surface area (Å²) in [6.45, 7) is 0.492. The molecule has 0 aliphatic carbocycles. The third-order valence-electron chi connectivity index (χ3n) is 6.12. The fourth-order valence-corrected chi connectivity index (χ4v) is 4.23. The van der Waals surface area contributed by atoms with Crippen molar-refractivity contribution >= 4 is 10.8 Å². The number of hydrogen-bond donors (Lipinski definition) is 0. The zero-order valence-electron chi connectivity index (χ0n) is 20.3. The number of hydrogen-bond acceptors (Lipinski definition) is 2. The maximum atomic E-state index is 15.2.